The molecule has 1 fully saturated rings. The third-order valence-corrected chi connectivity index (χ3v) is 3.81. The number of aliphatic hydroxyl groups excluding tert-OH is 1. The van der Waals surface area contributed by atoms with Gasteiger partial charge < -0.3 is 10.4 Å². The van der Waals surface area contributed by atoms with E-state index in [2.05, 4.69) is 34.5 Å². The molecule has 1 amide bonds. The molecule has 0 radical (unpaired) electrons. The minimum Gasteiger partial charge on any atom is -0.390 e. The summed E-state index contributed by atoms with van der Waals surface area (Å²) in [6.45, 7) is 4.20. The van der Waals surface area contributed by atoms with Gasteiger partial charge in [0.2, 0.25) is 5.91 Å². The maximum absolute atomic E-state index is 11.4. The lowest BCUT2D eigenvalue weighted by Gasteiger charge is -2.16. The smallest absolute Gasteiger partial charge is 0.220 e. The van der Waals surface area contributed by atoms with Crippen LogP contribution in [0.25, 0.3) is 0 Å². The van der Waals surface area contributed by atoms with Crippen LogP contribution in [0.4, 0.5) is 0 Å². The van der Waals surface area contributed by atoms with Crippen molar-refractivity contribution in [2.75, 3.05) is 19.6 Å². The van der Waals surface area contributed by atoms with Crippen molar-refractivity contribution < 1.29 is 9.90 Å². The van der Waals surface area contributed by atoms with Crippen molar-refractivity contribution in [1.82, 2.24) is 10.2 Å². The van der Waals surface area contributed by atoms with E-state index in [0.717, 1.165) is 25.9 Å². The zero-order valence-electron chi connectivity index (χ0n) is 12.1. The van der Waals surface area contributed by atoms with Gasteiger partial charge in [0.05, 0.1) is 12.1 Å². The number of nitrogens with zero attached hydrogens (tertiary/aromatic N) is 1. The Morgan fingerprint density at radius 2 is 2.10 bits per heavy atom. The summed E-state index contributed by atoms with van der Waals surface area (Å²) >= 11 is 0. The van der Waals surface area contributed by atoms with Crippen molar-refractivity contribution >= 4 is 5.91 Å². The summed E-state index contributed by atoms with van der Waals surface area (Å²) in [6, 6.07) is 10.3. The quantitative estimate of drug-likeness (QED) is 0.820. The zero-order chi connectivity index (χ0) is 14.4. The number of rotatable bonds is 6. The Labute approximate surface area is 120 Å². The van der Waals surface area contributed by atoms with Crippen LogP contribution in [-0.2, 0) is 11.2 Å². The van der Waals surface area contributed by atoms with Gasteiger partial charge in [0.1, 0.15) is 0 Å². The number of carbonyl (C=O) groups excluding carboxylic acids is 1. The first-order valence-electron chi connectivity index (χ1n) is 7.42. The van der Waals surface area contributed by atoms with Gasteiger partial charge in [-0.1, -0.05) is 37.3 Å². The molecular formula is C16H24N2O2. The first-order valence-corrected chi connectivity index (χ1v) is 7.42. The van der Waals surface area contributed by atoms with Crippen molar-refractivity contribution in [2.24, 2.45) is 0 Å². The molecular weight excluding hydrogens is 252 g/mol. The number of benzene rings is 1. The lowest BCUT2D eigenvalue weighted by Crippen LogP contribution is -2.42. The summed E-state index contributed by atoms with van der Waals surface area (Å²) in [4.78, 5) is 13.6. The van der Waals surface area contributed by atoms with Gasteiger partial charge in [-0.2, -0.15) is 0 Å². The van der Waals surface area contributed by atoms with Crippen LogP contribution in [0.15, 0.2) is 30.3 Å². The fraction of sp³-hybridized carbons (Fsp3) is 0.562. The number of hydrogen-bond donors (Lipinski definition) is 2. The van der Waals surface area contributed by atoms with Crippen LogP contribution in [0.3, 0.4) is 0 Å². The highest BCUT2D eigenvalue weighted by molar-refractivity contribution is 5.76. The molecule has 0 bridgehead atoms. The first-order chi connectivity index (χ1) is 9.69. The summed E-state index contributed by atoms with van der Waals surface area (Å²) < 4.78 is 0. The summed E-state index contributed by atoms with van der Waals surface area (Å²) in [5.41, 5.74) is 1.35. The topological polar surface area (TPSA) is 52.6 Å². The predicted octanol–water partition coefficient (Wildman–Crippen LogP) is 1.19. The Kier molecular flexibility index (Phi) is 5.56. The number of likely N-dealkylation sites (tertiary alicyclic amines) is 1. The maximum Gasteiger partial charge on any atom is 0.220 e. The molecule has 1 aliphatic heterocycles. The molecule has 2 atom stereocenters. The van der Waals surface area contributed by atoms with Gasteiger partial charge in [0, 0.05) is 19.5 Å². The normalized spacial score (nSPS) is 22.9. The van der Waals surface area contributed by atoms with E-state index in [9.17, 15) is 9.90 Å². The lowest BCUT2D eigenvalue weighted by atomic mass is 10.1. The average molecular weight is 276 g/mol. The van der Waals surface area contributed by atoms with Crippen LogP contribution in [-0.4, -0.2) is 47.7 Å². The van der Waals surface area contributed by atoms with E-state index in [1.165, 1.54) is 5.56 Å². The number of amides is 1. The monoisotopic (exact) mass is 276 g/mol. The van der Waals surface area contributed by atoms with Crippen LogP contribution in [0.1, 0.15) is 25.3 Å². The van der Waals surface area contributed by atoms with Gasteiger partial charge in [0.15, 0.2) is 0 Å². The highest BCUT2D eigenvalue weighted by atomic mass is 16.3. The van der Waals surface area contributed by atoms with Crippen molar-refractivity contribution in [3.05, 3.63) is 35.9 Å². The van der Waals surface area contributed by atoms with Crippen LogP contribution in [0, 0.1) is 0 Å². The molecule has 1 aromatic rings. The first kappa shape index (κ1) is 15.0. The molecule has 0 spiro atoms. The summed E-state index contributed by atoms with van der Waals surface area (Å²) in [6.07, 6.45) is 2.16. The Hall–Kier alpha value is -1.39. The molecule has 2 N–H and O–H groups in total. The molecule has 1 saturated heterocycles. The van der Waals surface area contributed by atoms with E-state index < -0.39 is 6.10 Å². The third kappa shape index (κ3) is 4.32. The molecule has 1 heterocycles. The number of aryl methyl sites for hydroxylation is 1. The minimum atomic E-state index is -0.442. The molecule has 20 heavy (non-hydrogen) atoms. The van der Waals surface area contributed by atoms with Gasteiger partial charge in [-0.3, -0.25) is 9.69 Å². The Balaban J connectivity index is 1.71. The third-order valence-electron chi connectivity index (χ3n) is 3.81. The molecule has 0 aliphatic carbocycles. The fourth-order valence-corrected chi connectivity index (χ4v) is 2.65. The second kappa shape index (κ2) is 7.41. The lowest BCUT2D eigenvalue weighted by molar-refractivity contribution is -0.122. The van der Waals surface area contributed by atoms with Crippen molar-refractivity contribution in [3.8, 4) is 0 Å². The standard InChI is InChI=1S/C16H24N2O2/c1-2-16(20)17-14-11-18(12-15(14)19)10-6-9-13-7-4-3-5-8-13/h3-5,7-8,14-15,19H,2,6,9-12H2,1H3,(H,17,20)/t14?,15-/m0/s1. The second-order valence-corrected chi connectivity index (χ2v) is 5.44. The average Bonchev–Trinajstić information content (AvgIpc) is 2.80. The molecule has 110 valence electrons. The SMILES string of the molecule is CCC(=O)NC1CN(CCCc2ccccc2)C[C@@H]1O. The molecule has 4 heteroatoms. The van der Waals surface area contributed by atoms with E-state index in [-0.39, 0.29) is 11.9 Å². The second-order valence-electron chi connectivity index (χ2n) is 5.44. The van der Waals surface area contributed by atoms with Crippen molar-refractivity contribution in [3.63, 3.8) is 0 Å². The number of aliphatic hydroxyl groups is 1. The van der Waals surface area contributed by atoms with E-state index in [1.807, 2.05) is 13.0 Å². The molecule has 1 aromatic carbocycles. The summed E-state index contributed by atoms with van der Waals surface area (Å²) in [7, 11) is 0. The van der Waals surface area contributed by atoms with Crippen LogP contribution in [0.5, 0.6) is 0 Å². The highest BCUT2D eigenvalue weighted by Gasteiger charge is 2.31. The Bertz CT molecular complexity index is 422. The van der Waals surface area contributed by atoms with Crippen LogP contribution in [0.2, 0.25) is 0 Å². The molecule has 2 rings (SSSR count). The van der Waals surface area contributed by atoms with E-state index in [4.69, 9.17) is 0 Å². The number of hydrogen-bond acceptors (Lipinski definition) is 3. The minimum absolute atomic E-state index is 0.0141. The molecule has 4 nitrogen and oxygen atoms in total. The van der Waals surface area contributed by atoms with Gasteiger partial charge >= 0.3 is 0 Å². The largest absolute Gasteiger partial charge is 0.390 e. The van der Waals surface area contributed by atoms with Crippen molar-refractivity contribution in [1.29, 1.82) is 0 Å². The molecule has 1 unspecified atom stereocenters. The Morgan fingerprint density at radius 1 is 1.35 bits per heavy atom. The highest BCUT2D eigenvalue weighted by Crippen LogP contribution is 2.12. The van der Waals surface area contributed by atoms with Gasteiger partial charge in [-0.25, -0.2) is 0 Å². The van der Waals surface area contributed by atoms with E-state index in [1.54, 1.807) is 0 Å². The van der Waals surface area contributed by atoms with Crippen LogP contribution < -0.4 is 5.32 Å². The molecule has 0 saturated carbocycles. The van der Waals surface area contributed by atoms with Crippen LogP contribution >= 0.6 is 0 Å². The maximum atomic E-state index is 11.4. The number of nitrogens with one attached hydrogen (secondary N) is 1. The Morgan fingerprint density at radius 3 is 2.80 bits per heavy atom. The van der Waals surface area contributed by atoms with Crippen molar-refractivity contribution in [2.45, 2.75) is 38.3 Å². The van der Waals surface area contributed by atoms with Gasteiger partial charge in [0.25, 0.3) is 0 Å². The molecule has 1 aliphatic rings. The summed E-state index contributed by atoms with van der Waals surface area (Å²) in [5.74, 6) is 0.0141. The number of β-amino-alcohol motifs (C(OH)–C–C–N with tert-alkyl or cyclic N) is 1. The van der Waals surface area contributed by atoms with E-state index >= 15 is 0 Å². The zero-order valence-corrected chi connectivity index (χ0v) is 12.1. The summed E-state index contributed by atoms with van der Waals surface area (Å²) in [5, 5.41) is 12.8. The number of carbonyl (C=O) groups is 1. The van der Waals surface area contributed by atoms with Gasteiger partial charge in [-0.05, 0) is 24.9 Å². The molecule has 0 aromatic heterocycles. The fourth-order valence-electron chi connectivity index (χ4n) is 2.65. The van der Waals surface area contributed by atoms with Gasteiger partial charge in [-0.15, -0.1) is 0 Å². The van der Waals surface area contributed by atoms with E-state index in [0.29, 0.717) is 13.0 Å². The predicted molar refractivity (Wildman–Crippen MR) is 79.4 cm³/mol.